The smallest absolute Gasteiger partial charge is 0.255 e. The van der Waals surface area contributed by atoms with E-state index in [1.54, 1.807) is 35.4 Å². The van der Waals surface area contributed by atoms with Gasteiger partial charge in [-0.15, -0.1) is 0 Å². The zero-order valence-corrected chi connectivity index (χ0v) is 11.0. The molecule has 0 spiro atoms. The molecule has 0 saturated heterocycles. The molecule has 3 aromatic rings. The van der Waals surface area contributed by atoms with Gasteiger partial charge in [-0.05, 0) is 18.2 Å². The van der Waals surface area contributed by atoms with E-state index in [9.17, 15) is 9.59 Å². The Bertz CT molecular complexity index is 821. The van der Waals surface area contributed by atoms with Crippen LogP contribution >= 0.6 is 0 Å². The first-order chi connectivity index (χ1) is 10.2. The van der Waals surface area contributed by atoms with Gasteiger partial charge in [0.1, 0.15) is 0 Å². The molecular formula is C15H12N4O2. The number of nitrogens with zero attached hydrogens (tertiary/aromatic N) is 2. The molecule has 1 aromatic carbocycles. The van der Waals surface area contributed by atoms with E-state index in [2.05, 4.69) is 15.3 Å². The number of para-hydroxylation sites is 2. The zero-order chi connectivity index (χ0) is 14.7. The van der Waals surface area contributed by atoms with Crippen LogP contribution in [0, 0.1) is 0 Å². The number of hydrogen-bond acceptors (Lipinski definition) is 3. The Hall–Kier alpha value is -3.15. The van der Waals surface area contributed by atoms with Crippen LogP contribution in [0.4, 0.5) is 5.69 Å². The number of hydrogen-bond donors (Lipinski definition) is 2. The van der Waals surface area contributed by atoms with Crippen LogP contribution in [-0.4, -0.2) is 20.4 Å². The van der Waals surface area contributed by atoms with Crippen molar-refractivity contribution in [2.45, 2.75) is 0 Å². The molecule has 0 fully saturated rings. The van der Waals surface area contributed by atoms with Gasteiger partial charge in [-0.2, -0.15) is 0 Å². The van der Waals surface area contributed by atoms with Crippen LogP contribution in [0.2, 0.25) is 0 Å². The van der Waals surface area contributed by atoms with E-state index in [4.69, 9.17) is 0 Å². The molecule has 1 amide bonds. The molecule has 2 aromatic heterocycles. The Morgan fingerprint density at radius 3 is 2.86 bits per heavy atom. The predicted molar refractivity (Wildman–Crippen MR) is 78.6 cm³/mol. The minimum Gasteiger partial charge on any atom is -0.329 e. The number of benzene rings is 1. The SMILES string of the molecule is O=C(Nc1ccccc1-n1ccnc1)c1cc[nH]c(=O)c1. The highest BCUT2D eigenvalue weighted by molar-refractivity contribution is 6.05. The summed E-state index contributed by atoms with van der Waals surface area (Å²) in [5.41, 5.74) is 1.43. The number of carbonyl (C=O) groups excluding carboxylic acids is 1. The fourth-order valence-electron chi connectivity index (χ4n) is 1.99. The molecule has 6 nitrogen and oxygen atoms in total. The number of pyridine rings is 1. The minimum atomic E-state index is -0.339. The fraction of sp³-hybridized carbons (Fsp3) is 0. The summed E-state index contributed by atoms with van der Waals surface area (Å²) in [4.78, 5) is 29.9. The third kappa shape index (κ3) is 2.74. The Morgan fingerprint density at radius 2 is 2.10 bits per heavy atom. The molecule has 6 heteroatoms. The summed E-state index contributed by atoms with van der Waals surface area (Å²) < 4.78 is 1.80. The molecule has 2 N–H and O–H groups in total. The molecule has 0 aliphatic carbocycles. The number of anilines is 1. The van der Waals surface area contributed by atoms with Crippen LogP contribution in [0.3, 0.4) is 0 Å². The average molecular weight is 280 g/mol. The lowest BCUT2D eigenvalue weighted by Crippen LogP contribution is -2.16. The Kier molecular flexibility index (Phi) is 3.34. The average Bonchev–Trinajstić information content (AvgIpc) is 3.02. The number of aromatic amines is 1. The first-order valence-corrected chi connectivity index (χ1v) is 6.31. The van der Waals surface area contributed by atoms with Crippen molar-refractivity contribution in [2.75, 3.05) is 5.32 Å². The molecule has 0 aliphatic rings. The monoisotopic (exact) mass is 280 g/mol. The van der Waals surface area contributed by atoms with Gasteiger partial charge in [0.15, 0.2) is 0 Å². The Labute approximate surface area is 120 Å². The van der Waals surface area contributed by atoms with Gasteiger partial charge in [0.2, 0.25) is 5.56 Å². The fourth-order valence-corrected chi connectivity index (χ4v) is 1.99. The maximum absolute atomic E-state index is 12.2. The predicted octanol–water partition coefficient (Wildman–Crippen LogP) is 1.81. The number of aromatic nitrogens is 3. The van der Waals surface area contributed by atoms with E-state index in [-0.39, 0.29) is 11.5 Å². The van der Waals surface area contributed by atoms with Gasteiger partial charge in [-0.25, -0.2) is 4.98 Å². The van der Waals surface area contributed by atoms with Crippen LogP contribution in [0.25, 0.3) is 5.69 Å². The van der Waals surface area contributed by atoms with Gasteiger partial charge in [-0.3, -0.25) is 9.59 Å². The van der Waals surface area contributed by atoms with E-state index in [1.165, 1.54) is 12.3 Å². The molecule has 0 saturated carbocycles. The molecule has 0 bridgehead atoms. The lowest BCUT2D eigenvalue weighted by molar-refractivity contribution is 0.102. The molecule has 104 valence electrons. The van der Waals surface area contributed by atoms with Crippen LogP contribution in [-0.2, 0) is 0 Å². The van der Waals surface area contributed by atoms with E-state index >= 15 is 0 Å². The highest BCUT2D eigenvalue weighted by atomic mass is 16.2. The second-order valence-electron chi connectivity index (χ2n) is 4.38. The van der Waals surface area contributed by atoms with Crippen molar-refractivity contribution in [3.8, 4) is 5.69 Å². The maximum Gasteiger partial charge on any atom is 0.255 e. The van der Waals surface area contributed by atoms with Crippen LogP contribution in [0.1, 0.15) is 10.4 Å². The van der Waals surface area contributed by atoms with Crippen molar-refractivity contribution in [1.82, 2.24) is 14.5 Å². The van der Waals surface area contributed by atoms with E-state index in [1.807, 2.05) is 18.2 Å². The van der Waals surface area contributed by atoms with E-state index in [0.717, 1.165) is 5.69 Å². The number of amides is 1. The van der Waals surface area contributed by atoms with Crippen molar-refractivity contribution in [3.63, 3.8) is 0 Å². The Morgan fingerprint density at radius 1 is 1.24 bits per heavy atom. The largest absolute Gasteiger partial charge is 0.329 e. The number of H-pyrrole nitrogens is 1. The summed E-state index contributed by atoms with van der Waals surface area (Å²) in [6.07, 6.45) is 6.55. The van der Waals surface area contributed by atoms with Gasteiger partial charge in [0, 0.05) is 30.2 Å². The van der Waals surface area contributed by atoms with Crippen molar-refractivity contribution in [1.29, 1.82) is 0 Å². The first-order valence-electron chi connectivity index (χ1n) is 6.31. The third-order valence-electron chi connectivity index (χ3n) is 2.97. The quantitative estimate of drug-likeness (QED) is 0.768. The number of carbonyl (C=O) groups is 1. The van der Waals surface area contributed by atoms with Gasteiger partial charge in [-0.1, -0.05) is 12.1 Å². The van der Waals surface area contributed by atoms with E-state index < -0.39 is 0 Å². The Balaban J connectivity index is 1.92. The first kappa shape index (κ1) is 12.9. The lowest BCUT2D eigenvalue weighted by Gasteiger charge is -2.11. The third-order valence-corrected chi connectivity index (χ3v) is 2.97. The van der Waals surface area contributed by atoms with E-state index in [0.29, 0.717) is 11.3 Å². The molecule has 0 aliphatic heterocycles. The highest BCUT2D eigenvalue weighted by Gasteiger charge is 2.10. The van der Waals surface area contributed by atoms with Crippen LogP contribution < -0.4 is 10.9 Å². The summed E-state index contributed by atoms with van der Waals surface area (Å²) in [6.45, 7) is 0. The standard InChI is InChI=1S/C15H12N4O2/c20-14-9-11(5-6-17-14)15(21)18-12-3-1-2-4-13(12)19-8-7-16-10-19/h1-10H,(H,17,20)(H,18,21). The number of nitrogens with one attached hydrogen (secondary N) is 2. The lowest BCUT2D eigenvalue weighted by atomic mass is 10.2. The second kappa shape index (κ2) is 5.46. The van der Waals surface area contributed by atoms with Gasteiger partial charge in [0.05, 0.1) is 17.7 Å². The van der Waals surface area contributed by atoms with Crippen LogP contribution in [0.15, 0.2) is 66.1 Å². The van der Waals surface area contributed by atoms with Gasteiger partial charge >= 0.3 is 0 Å². The van der Waals surface area contributed by atoms with Crippen molar-refractivity contribution in [3.05, 3.63) is 77.2 Å². The normalized spacial score (nSPS) is 10.3. The van der Waals surface area contributed by atoms with Crippen LogP contribution in [0.5, 0.6) is 0 Å². The molecule has 0 radical (unpaired) electrons. The van der Waals surface area contributed by atoms with Crippen molar-refractivity contribution >= 4 is 11.6 Å². The zero-order valence-electron chi connectivity index (χ0n) is 11.0. The molecule has 3 rings (SSSR count). The second-order valence-corrected chi connectivity index (χ2v) is 4.38. The number of imidazole rings is 1. The summed E-state index contributed by atoms with van der Waals surface area (Å²) >= 11 is 0. The maximum atomic E-state index is 12.2. The topological polar surface area (TPSA) is 79.8 Å². The molecule has 21 heavy (non-hydrogen) atoms. The van der Waals surface area contributed by atoms with Crippen molar-refractivity contribution in [2.24, 2.45) is 0 Å². The summed E-state index contributed by atoms with van der Waals surface area (Å²) in [5, 5.41) is 2.80. The summed E-state index contributed by atoms with van der Waals surface area (Å²) in [5.74, 6) is -0.339. The summed E-state index contributed by atoms with van der Waals surface area (Å²) in [6, 6.07) is 10.2. The van der Waals surface area contributed by atoms with Crippen molar-refractivity contribution < 1.29 is 4.79 Å². The van der Waals surface area contributed by atoms with Gasteiger partial charge < -0.3 is 14.9 Å². The molecule has 0 atom stereocenters. The number of rotatable bonds is 3. The molecule has 0 unspecified atom stereocenters. The molecule has 2 heterocycles. The van der Waals surface area contributed by atoms with Gasteiger partial charge in [0.25, 0.3) is 5.91 Å². The highest BCUT2D eigenvalue weighted by Crippen LogP contribution is 2.20. The molecular weight excluding hydrogens is 268 g/mol. The summed E-state index contributed by atoms with van der Waals surface area (Å²) in [7, 11) is 0. The minimum absolute atomic E-state index is 0.305.